The Kier molecular flexibility index (Phi) is 4.41. The molecule has 2 aromatic rings. The summed E-state index contributed by atoms with van der Waals surface area (Å²) in [5.74, 6) is 0.138. The molecule has 1 aliphatic carbocycles. The number of carbonyl (C=O) groups is 1. The van der Waals surface area contributed by atoms with E-state index in [2.05, 4.69) is 45.1 Å². The zero-order valence-electron chi connectivity index (χ0n) is 13.8. The third kappa shape index (κ3) is 3.12. The lowest BCUT2D eigenvalue weighted by atomic mass is 9.85. The molecule has 0 bridgehead atoms. The average Bonchev–Trinajstić information content (AvgIpc) is 2.68. The molecule has 0 aromatic heterocycles. The van der Waals surface area contributed by atoms with E-state index in [1.54, 1.807) is 0 Å². The van der Waals surface area contributed by atoms with Crippen LogP contribution in [0.5, 0.6) is 0 Å². The average molecular weight is 392 g/mol. The van der Waals surface area contributed by atoms with Gasteiger partial charge < -0.3 is 4.90 Å². The van der Waals surface area contributed by atoms with E-state index < -0.39 is 0 Å². The number of benzene rings is 2. The van der Waals surface area contributed by atoms with Gasteiger partial charge in [-0.1, -0.05) is 52.3 Å². The summed E-state index contributed by atoms with van der Waals surface area (Å²) in [6.07, 6.45) is 9.11. The summed E-state index contributed by atoms with van der Waals surface area (Å²) >= 11 is 3.49. The Bertz CT molecular complexity index is 891. The number of ketones is 1. The molecular weight excluding hydrogens is 374 g/mol. The van der Waals surface area contributed by atoms with E-state index in [0.717, 1.165) is 46.3 Å². The van der Waals surface area contributed by atoms with Crippen molar-refractivity contribution in [3.05, 3.63) is 99.8 Å². The molecule has 2 aliphatic rings. The Hall–Kier alpha value is -2.39. The molecule has 0 atom stereocenters. The van der Waals surface area contributed by atoms with Crippen LogP contribution < -0.4 is 4.90 Å². The number of allylic oxidation sites excluding steroid dienone is 4. The molecule has 3 heteroatoms. The Balaban J connectivity index is 1.82. The highest BCUT2D eigenvalue weighted by atomic mass is 79.9. The maximum atomic E-state index is 13.1. The summed E-state index contributed by atoms with van der Waals surface area (Å²) < 4.78 is 1.05. The summed E-state index contributed by atoms with van der Waals surface area (Å²) in [6, 6.07) is 17.8. The van der Waals surface area contributed by atoms with Crippen molar-refractivity contribution in [3.63, 3.8) is 0 Å². The first-order valence-electron chi connectivity index (χ1n) is 8.49. The number of carbonyl (C=O) groups excluding carboxylic acids is 1. The second-order valence-electron chi connectivity index (χ2n) is 6.26. The number of Topliss-reactive ketones (excluding diaryl/α,β-unsaturated/α-hetero) is 1. The van der Waals surface area contributed by atoms with Crippen molar-refractivity contribution >= 4 is 27.4 Å². The molecule has 0 spiro atoms. The van der Waals surface area contributed by atoms with Gasteiger partial charge in [-0.15, -0.1) is 0 Å². The van der Waals surface area contributed by atoms with Crippen LogP contribution in [0.3, 0.4) is 0 Å². The maximum Gasteiger partial charge on any atom is 0.191 e. The SMILES string of the molecule is O=C(C1=C2C(=CC=CN2c2ccc(Br)cc2)CCC1)c1ccccc1. The van der Waals surface area contributed by atoms with Gasteiger partial charge in [0, 0.05) is 27.5 Å². The van der Waals surface area contributed by atoms with E-state index in [-0.39, 0.29) is 5.78 Å². The summed E-state index contributed by atoms with van der Waals surface area (Å²) in [5, 5.41) is 0. The van der Waals surface area contributed by atoms with Crippen LogP contribution in [0.25, 0.3) is 0 Å². The van der Waals surface area contributed by atoms with Gasteiger partial charge in [0.15, 0.2) is 5.78 Å². The minimum Gasteiger partial charge on any atom is -0.316 e. The summed E-state index contributed by atoms with van der Waals surface area (Å²) in [4.78, 5) is 15.3. The zero-order valence-corrected chi connectivity index (χ0v) is 15.4. The number of anilines is 1. The smallest absolute Gasteiger partial charge is 0.191 e. The van der Waals surface area contributed by atoms with Crippen molar-refractivity contribution in [2.24, 2.45) is 0 Å². The molecule has 0 radical (unpaired) electrons. The third-order valence-corrected chi connectivity index (χ3v) is 5.18. The van der Waals surface area contributed by atoms with Gasteiger partial charge in [0.25, 0.3) is 0 Å². The first-order valence-corrected chi connectivity index (χ1v) is 9.29. The van der Waals surface area contributed by atoms with Crippen LogP contribution in [-0.2, 0) is 0 Å². The van der Waals surface area contributed by atoms with Crippen molar-refractivity contribution < 1.29 is 4.79 Å². The topological polar surface area (TPSA) is 20.3 Å². The fourth-order valence-electron chi connectivity index (χ4n) is 3.47. The minimum absolute atomic E-state index is 0.138. The number of rotatable bonds is 3. The van der Waals surface area contributed by atoms with Gasteiger partial charge in [-0.2, -0.15) is 0 Å². The standard InChI is InChI=1S/C22H18BrNO/c23-18-11-13-19(14-12-18)24-15-5-9-16-8-4-10-20(21(16)24)22(25)17-6-2-1-3-7-17/h1-3,5-7,9,11-15H,4,8,10H2. The molecule has 4 rings (SSSR count). The van der Waals surface area contributed by atoms with Crippen LogP contribution in [0.15, 0.2) is 94.3 Å². The number of halogens is 1. The maximum absolute atomic E-state index is 13.1. The van der Waals surface area contributed by atoms with Gasteiger partial charge in [0.1, 0.15) is 0 Å². The molecule has 1 aliphatic heterocycles. The van der Waals surface area contributed by atoms with Crippen LogP contribution in [0.1, 0.15) is 29.6 Å². The van der Waals surface area contributed by atoms with Crippen molar-refractivity contribution in [3.8, 4) is 0 Å². The summed E-state index contributed by atoms with van der Waals surface area (Å²) in [6.45, 7) is 0. The van der Waals surface area contributed by atoms with Crippen molar-refractivity contribution in [2.75, 3.05) is 4.90 Å². The molecule has 0 saturated carbocycles. The molecule has 124 valence electrons. The number of hydrogen-bond acceptors (Lipinski definition) is 2. The van der Waals surface area contributed by atoms with E-state index in [1.165, 1.54) is 5.57 Å². The summed E-state index contributed by atoms with van der Waals surface area (Å²) in [7, 11) is 0. The highest BCUT2D eigenvalue weighted by Crippen LogP contribution is 2.38. The molecule has 0 fully saturated rings. The first kappa shape index (κ1) is 16.1. The summed E-state index contributed by atoms with van der Waals surface area (Å²) in [5.41, 5.74) is 5.05. The van der Waals surface area contributed by atoms with Gasteiger partial charge in [-0.05, 0) is 55.2 Å². The molecular formula is C22H18BrNO. The second kappa shape index (κ2) is 6.85. The van der Waals surface area contributed by atoms with Crippen LogP contribution in [0, 0.1) is 0 Å². The van der Waals surface area contributed by atoms with Crippen molar-refractivity contribution in [1.82, 2.24) is 0 Å². The van der Waals surface area contributed by atoms with E-state index >= 15 is 0 Å². The Morgan fingerprint density at radius 1 is 0.960 bits per heavy atom. The molecule has 0 N–H and O–H groups in total. The molecule has 0 saturated heterocycles. The molecule has 2 aromatic carbocycles. The van der Waals surface area contributed by atoms with E-state index in [1.807, 2.05) is 48.7 Å². The van der Waals surface area contributed by atoms with Gasteiger partial charge in [0.05, 0.1) is 5.70 Å². The lowest BCUT2D eigenvalue weighted by Gasteiger charge is -2.33. The number of fused-ring (bicyclic) bond motifs is 1. The molecule has 0 amide bonds. The Morgan fingerprint density at radius 2 is 1.72 bits per heavy atom. The molecule has 0 unspecified atom stereocenters. The predicted octanol–water partition coefficient (Wildman–Crippen LogP) is 6.03. The Labute approximate surface area is 156 Å². The normalized spacial score (nSPS) is 16.5. The highest BCUT2D eigenvalue weighted by Gasteiger charge is 2.28. The molecule has 2 nitrogen and oxygen atoms in total. The fourth-order valence-corrected chi connectivity index (χ4v) is 3.73. The third-order valence-electron chi connectivity index (χ3n) is 4.65. The van der Waals surface area contributed by atoms with Crippen LogP contribution in [0.4, 0.5) is 5.69 Å². The van der Waals surface area contributed by atoms with E-state index in [4.69, 9.17) is 0 Å². The van der Waals surface area contributed by atoms with E-state index in [9.17, 15) is 4.79 Å². The van der Waals surface area contributed by atoms with E-state index in [0.29, 0.717) is 0 Å². The van der Waals surface area contributed by atoms with Crippen molar-refractivity contribution in [2.45, 2.75) is 19.3 Å². The van der Waals surface area contributed by atoms with Crippen LogP contribution in [-0.4, -0.2) is 5.78 Å². The fraction of sp³-hybridized carbons (Fsp3) is 0.136. The zero-order chi connectivity index (χ0) is 17.2. The van der Waals surface area contributed by atoms with Gasteiger partial charge in [-0.3, -0.25) is 4.79 Å². The Morgan fingerprint density at radius 3 is 2.48 bits per heavy atom. The predicted molar refractivity (Wildman–Crippen MR) is 105 cm³/mol. The van der Waals surface area contributed by atoms with Crippen LogP contribution in [0.2, 0.25) is 0 Å². The number of hydrogen-bond donors (Lipinski definition) is 0. The first-order chi connectivity index (χ1) is 12.2. The molecule has 25 heavy (non-hydrogen) atoms. The quantitative estimate of drug-likeness (QED) is 0.595. The lowest BCUT2D eigenvalue weighted by Crippen LogP contribution is -2.26. The monoisotopic (exact) mass is 391 g/mol. The lowest BCUT2D eigenvalue weighted by molar-refractivity contribution is 0.102. The van der Waals surface area contributed by atoms with Gasteiger partial charge in [0.2, 0.25) is 0 Å². The number of nitrogens with zero attached hydrogens (tertiary/aromatic N) is 1. The van der Waals surface area contributed by atoms with Gasteiger partial charge >= 0.3 is 0 Å². The van der Waals surface area contributed by atoms with Crippen LogP contribution >= 0.6 is 15.9 Å². The second-order valence-corrected chi connectivity index (χ2v) is 7.17. The van der Waals surface area contributed by atoms with Gasteiger partial charge in [-0.25, -0.2) is 0 Å². The largest absolute Gasteiger partial charge is 0.316 e. The molecule has 1 heterocycles. The van der Waals surface area contributed by atoms with Crippen molar-refractivity contribution in [1.29, 1.82) is 0 Å². The minimum atomic E-state index is 0.138. The highest BCUT2D eigenvalue weighted by molar-refractivity contribution is 9.10.